The van der Waals surface area contributed by atoms with Crippen LogP contribution in [0.3, 0.4) is 0 Å². The Balaban J connectivity index is 2.39. The number of carbonyl (C=O) groups excluding carboxylic acids is 4. The van der Waals surface area contributed by atoms with Crippen LogP contribution in [0.1, 0.15) is 84.0 Å². The van der Waals surface area contributed by atoms with E-state index in [1.807, 2.05) is 0 Å². The summed E-state index contributed by atoms with van der Waals surface area (Å²) >= 11 is 6.11. The number of carbonyl (C=O) groups is 4. The molecule has 1 rings (SSSR count). The van der Waals surface area contributed by atoms with E-state index in [9.17, 15) is 19.2 Å². The topological polar surface area (TPSA) is 77.5 Å². The van der Waals surface area contributed by atoms with Crippen molar-refractivity contribution >= 4 is 34.9 Å². The van der Waals surface area contributed by atoms with Crippen LogP contribution in [0.2, 0.25) is 0 Å². The third kappa shape index (κ3) is 6.19. The van der Waals surface area contributed by atoms with E-state index in [1.165, 1.54) is 32.1 Å². The van der Waals surface area contributed by atoms with Gasteiger partial charge in [-0.1, -0.05) is 69.9 Å². The highest BCUT2D eigenvalue weighted by atomic mass is 35.5. The van der Waals surface area contributed by atoms with Gasteiger partial charge >= 0.3 is 5.97 Å². The Morgan fingerprint density at radius 3 is 2.12 bits per heavy atom. The third-order valence-electron chi connectivity index (χ3n) is 5.05. The first-order chi connectivity index (χ1) is 12.4. The number of ether oxygens (including phenoxy) is 1. The Morgan fingerprint density at radius 2 is 1.58 bits per heavy atom. The lowest BCUT2D eigenvalue weighted by atomic mass is 9.75. The van der Waals surface area contributed by atoms with Gasteiger partial charge < -0.3 is 4.74 Å². The van der Waals surface area contributed by atoms with Crippen LogP contribution in [0.4, 0.5) is 0 Å². The van der Waals surface area contributed by atoms with Crippen molar-refractivity contribution in [3.05, 3.63) is 0 Å². The summed E-state index contributed by atoms with van der Waals surface area (Å²) in [4.78, 5) is 46.8. The van der Waals surface area contributed by atoms with Crippen LogP contribution in [0, 0.1) is 5.92 Å². The molecule has 148 valence electrons. The lowest BCUT2D eigenvalue weighted by Gasteiger charge is -2.30. The van der Waals surface area contributed by atoms with Crippen LogP contribution >= 0.6 is 11.6 Å². The molecule has 1 fully saturated rings. The Labute approximate surface area is 161 Å². The summed E-state index contributed by atoms with van der Waals surface area (Å²) in [7, 11) is 1.13. The van der Waals surface area contributed by atoms with Crippen molar-refractivity contribution in [2.24, 2.45) is 5.92 Å². The minimum atomic E-state index is -1.90. The SMILES string of the molecule is CCCCCCCCCCCC(=O)[C@@H]1C(=O)CC[C@](Cl)(C(=O)OC)C1=O. The molecule has 0 amide bonds. The van der Waals surface area contributed by atoms with Crippen molar-refractivity contribution < 1.29 is 23.9 Å². The highest BCUT2D eigenvalue weighted by Gasteiger charge is 2.55. The first-order valence-electron chi connectivity index (χ1n) is 9.75. The molecule has 1 aliphatic rings. The molecule has 0 heterocycles. The molecule has 2 atom stereocenters. The lowest BCUT2D eigenvalue weighted by Crippen LogP contribution is -2.53. The molecule has 0 spiro atoms. The van der Waals surface area contributed by atoms with Crippen molar-refractivity contribution in [3.63, 3.8) is 0 Å². The number of alkyl halides is 1. The molecule has 0 bridgehead atoms. The molecule has 1 saturated carbocycles. The maximum absolute atomic E-state index is 12.5. The second-order valence-electron chi connectivity index (χ2n) is 7.10. The molecular formula is C20H31ClO5. The lowest BCUT2D eigenvalue weighted by molar-refractivity contribution is -0.153. The van der Waals surface area contributed by atoms with Crippen LogP contribution in [-0.2, 0) is 23.9 Å². The van der Waals surface area contributed by atoms with Crippen LogP contribution < -0.4 is 0 Å². The fourth-order valence-corrected chi connectivity index (χ4v) is 3.66. The van der Waals surface area contributed by atoms with E-state index in [0.717, 1.165) is 26.4 Å². The molecule has 0 aromatic rings. The molecule has 0 unspecified atom stereocenters. The first kappa shape index (κ1) is 22.8. The van der Waals surface area contributed by atoms with Gasteiger partial charge in [-0.3, -0.25) is 14.4 Å². The second kappa shape index (κ2) is 11.5. The Kier molecular flexibility index (Phi) is 10.1. The minimum Gasteiger partial charge on any atom is -0.467 e. The van der Waals surface area contributed by atoms with Gasteiger partial charge in [0.25, 0.3) is 0 Å². The molecule has 0 saturated heterocycles. The predicted molar refractivity (Wildman–Crippen MR) is 100 cm³/mol. The average Bonchev–Trinajstić information content (AvgIpc) is 2.63. The van der Waals surface area contributed by atoms with E-state index in [2.05, 4.69) is 11.7 Å². The molecule has 0 aromatic heterocycles. The molecule has 6 heteroatoms. The van der Waals surface area contributed by atoms with Gasteiger partial charge in [0.1, 0.15) is 5.92 Å². The number of unbranched alkanes of at least 4 members (excludes halogenated alkanes) is 8. The van der Waals surface area contributed by atoms with E-state index in [-0.39, 0.29) is 19.3 Å². The van der Waals surface area contributed by atoms with Crippen molar-refractivity contribution in [2.45, 2.75) is 88.8 Å². The van der Waals surface area contributed by atoms with Gasteiger partial charge in [-0.15, -0.1) is 0 Å². The van der Waals surface area contributed by atoms with E-state index in [4.69, 9.17) is 11.6 Å². The second-order valence-corrected chi connectivity index (χ2v) is 7.75. The normalized spacial score (nSPS) is 23.1. The van der Waals surface area contributed by atoms with E-state index in [0.29, 0.717) is 6.42 Å². The van der Waals surface area contributed by atoms with Crippen LogP contribution in [-0.4, -0.2) is 35.3 Å². The van der Waals surface area contributed by atoms with Gasteiger partial charge in [-0.25, -0.2) is 4.79 Å². The number of hydrogen-bond donors (Lipinski definition) is 0. The predicted octanol–water partition coefficient (Wildman–Crippen LogP) is 4.18. The summed E-state index contributed by atoms with van der Waals surface area (Å²) in [5, 5.41) is 0. The minimum absolute atomic E-state index is 0.0570. The molecule has 0 aromatic carbocycles. The largest absolute Gasteiger partial charge is 0.467 e. The van der Waals surface area contributed by atoms with E-state index >= 15 is 0 Å². The number of ketones is 3. The smallest absolute Gasteiger partial charge is 0.334 e. The molecule has 5 nitrogen and oxygen atoms in total. The summed E-state index contributed by atoms with van der Waals surface area (Å²) in [6.45, 7) is 2.19. The maximum Gasteiger partial charge on any atom is 0.334 e. The van der Waals surface area contributed by atoms with Crippen molar-refractivity contribution in [1.82, 2.24) is 0 Å². The standard InChI is InChI=1S/C20H31ClO5/c1-3-4-5-6-7-8-9-10-11-12-15(22)17-16(23)13-14-20(21,18(17)24)19(25)26-2/h17H,3-14H2,1-2H3/t17-,20-/m1/s1. The average molecular weight is 387 g/mol. The van der Waals surface area contributed by atoms with Gasteiger partial charge in [0.15, 0.2) is 17.3 Å². The van der Waals surface area contributed by atoms with Crippen LogP contribution in [0.25, 0.3) is 0 Å². The number of methoxy groups -OCH3 is 1. The number of halogens is 1. The molecule has 0 radical (unpaired) electrons. The summed E-state index contributed by atoms with van der Waals surface area (Å²) in [6, 6.07) is 0. The summed E-state index contributed by atoms with van der Waals surface area (Å²) in [5.41, 5.74) is 0. The molecule has 0 N–H and O–H groups in total. The van der Waals surface area contributed by atoms with Gasteiger partial charge in [0.05, 0.1) is 7.11 Å². The van der Waals surface area contributed by atoms with Gasteiger partial charge in [-0.05, 0) is 12.8 Å². The first-order valence-corrected chi connectivity index (χ1v) is 10.1. The third-order valence-corrected chi connectivity index (χ3v) is 5.58. The monoisotopic (exact) mass is 386 g/mol. The zero-order valence-electron chi connectivity index (χ0n) is 16.0. The van der Waals surface area contributed by atoms with E-state index in [1.54, 1.807) is 0 Å². The molecule has 1 aliphatic carbocycles. The van der Waals surface area contributed by atoms with Crippen LogP contribution in [0.5, 0.6) is 0 Å². The molecule has 0 aliphatic heterocycles. The summed E-state index contributed by atoms with van der Waals surface area (Å²) < 4.78 is 4.57. The number of rotatable bonds is 12. The highest BCUT2D eigenvalue weighted by Crippen LogP contribution is 2.35. The van der Waals surface area contributed by atoms with Gasteiger partial charge in [0, 0.05) is 12.8 Å². The number of esters is 1. The van der Waals surface area contributed by atoms with Gasteiger partial charge in [-0.2, -0.15) is 0 Å². The maximum atomic E-state index is 12.5. The molecule has 26 heavy (non-hydrogen) atoms. The summed E-state index contributed by atoms with van der Waals surface area (Å²) in [5.74, 6) is -3.97. The fourth-order valence-electron chi connectivity index (χ4n) is 3.38. The quantitative estimate of drug-likeness (QED) is 0.217. The number of hydrogen-bond acceptors (Lipinski definition) is 5. The molecular weight excluding hydrogens is 356 g/mol. The Bertz CT molecular complexity index is 516. The number of Topliss-reactive ketones (excluding diaryl/α,β-unsaturated/α-hetero) is 3. The highest BCUT2D eigenvalue weighted by molar-refractivity contribution is 6.49. The zero-order valence-corrected chi connectivity index (χ0v) is 16.7. The van der Waals surface area contributed by atoms with E-state index < -0.39 is 34.1 Å². The van der Waals surface area contributed by atoms with Crippen LogP contribution in [0.15, 0.2) is 0 Å². The van der Waals surface area contributed by atoms with Crippen molar-refractivity contribution in [2.75, 3.05) is 7.11 Å². The summed E-state index contributed by atoms with van der Waals surface area (Å²) in [6.07, 6.45) is 10.0. The zero-order chi connectivity index (χ0) is 19.6. The van der Waals surface area contributed by atoms with Crippen molar-refractivity contribution in [1.29, 1.82) is 0 Å². The fraction of sp³-hybridized carbons (Fsp3) is 0.800. The Hall–Kier alpha value is -1.23. The van der Waals surface area contributed by atoms with Gasteiger partial charge in [0.2, 0.25) is 4.87 Å². The van der Waals surface area contributed by atoms with Crippen molar-refractivity contribution in [3.8, 4) is 0 Å². The Morgan fingerprint density at radius 1 is 1.04 bits per heavy atom.